The van der Waals surface area contributed by atoms with Gasteiger partial charge in [0.05, 0.1) is 6.61 Å². The minimum atomic E-state index is -1.16. The van der Waals surface area contributed by atoms with E-state index in [1.165, 1.54) is 6.08 Å². The molecular weight excluding hydrogens is 450 g/mol. The Morgan fingerprint density at radius 2 is 1.63 bits per heavy atom. The van der Waals surface area contributed by atoms with Crippen LogP contribution in [0.2, 0.25) is 0 Å². The van der Waals surface area contributed by atoms with Crippen molar-refractivity contribution in [1.82, 2.24) is 0 Å². The van der Waals surface area contributed by atoms with Gasteiger partial charge in [-0.1, -0.05) is 48.0 Å². The molecule has 182 valence electrons. The Morgan fingerprint density at radius 1 is 0.943 bits per heavy atom. The summed E-state index contributed by atoms with van der Waals surface area (Å²) >= 11 is 0. The number of aliphatic hydroxyl groups is 1. The molecule has 0 saturated heterocycles. The number of benzene rings is 3. The molecule has 8 nitrogen and oxygen atoms in total. The van der Waals surface area contributed by atoms with Crippen molar-refractivity contribution in [2.24, 2.45) is 0 Å². The number of aryl methyl sites for hydroxylation is 1. The third kappa shape index (κ3) is 8.21. The molecule has 35 heavy (non-hydrogen) atoms. The van der Waals surface area contributed by atoms with E-state index in [0.29, 0.717) is 22.7 Å². The molecule has 8 heteroatoms. The fraction of sp³-hybridized carbons (Fsp3) is 0.185. The molecular formula is C27H27NO7. The molecule has 3 aromatic carbocycles. The van der Waals surface area contributed by atoms with Gasteiger partial charge in [0.1, 0.15) is 18.1 Å². The zero-order valence-electron chi connectivity index (χ0n) is 19.2. The first kappa shape index (κ1) is 25.3. The van der Waals surface area contributed by atoms with Crippen LogP contribution < -0.4 is 14.8 Å². The Kier molecular flexibility index (Phi) is 9.27. The van der Waals surface area contributed by atoms with Gasteiger partial charge in [-0.2, -0.15) is 0 Å². The van der Waals surface area contributed by atoms with Crippen molar-refractivity contribution >= 4 is 17.7 Å². The van der Waals surface area contributed by atoms with Crippen LogP contribution in [0.1, 0.15) is 17.2 Å². The molecule has 0 aliphatic carbocycles. The number of carboxylic acid groups (broad SMARTS) is 1. The summed E-state index contributed by atoms with van der Waals surface area (Å²) in [6, 6.07) is 22.7. The number of amides is 1. The second-order valence-corrected chi connectivity index (χ2v) is 7.55. The molecule has 0 radical (unpaired) electrons. The summed E-state index contributed by atoms with van der Waals surface area (Å²) in [7, 11) is 0. The number of carbonyl (C=O) groups is 2. The summed E-state index contributed by atoms with van der Waals surface area (Å²) in [5.41, 5.74) is 2.14. The van der Waals surface area contributed by atoms with E-state index in [9.17, 15) is 14.7 Å². The van der Waals surface area contributed by atoms with E-state index in [1.54, 1.807) is 60.7 Å². The fourth-order valence-electron chi connectivity index (χ4n) is 3.18. The third-order valence-corrected chi connectivity index (χ3v) is 4.84. The maximum Gasteiger partial charge on any atom is 0.412 e. The van der Waals surface area contributed by atoms with Crippen LogP contribution in [0.3, 0.4) is 0 Å². The van der Waals surface area contributed by atoms with Crippen LogP contribution in [-0.4, -0.2) is 41.6 Å². The fourth-order valence-corrected chi connectivity index (χ4v) is 3.18. The highest BCUT2D eigenvalue weighted by molar-refractivity contribution is 5.85. The topological polar surface area (TPSA) is 114 Å². The lowest BCUT2D eigenvalue weighted by Crippen LogP contribution is -2.29. The molecule has 0 saturated carbocycles. The number of carbonyl (C=O) groups excluding carboxylic acids is 1. The zero-order chi connectivity index (χ0) is 25.0. The van der Waals surface area contributed by atoms with Crippen LogP contribution >= 0.6 is 0 Å². The van der Waals surface area contributed by atoms with E-state index in [4.69, 9.17) is 19.3 Å². The Labute approximate surface area is 203 Å². The largest absolute Gasteiger partial charge is 0.491 e. The van der Waals surface area contributed by atoms with Crippen molar-refractivity contribution < 1.29 is 34.0 Å². The van der Waals surface area contributed by atoms with E-state index in [1.807, 2.05) is 25.1 Å². The van der Waals surface area contributed by atoms with Gasteiger partial charge in [0.25, 0.3) is 0 Å². The molecule has 0 aliphatic heterocycles. The predicted octanol–water partition coefficient (Wildman–Crippen LogP) is 4.74. The van der Waals surface area contributed by atoms with Gasteiger partial charge >= 0.3 is 12.1 Å². The monoisotopic (exact) mass is 477 g/mol. The molecule has 0 fully saturated rings. The highest BCUT2D eigenvalue weighted by atomic mass is 16.6. The number of hydrogen-bond donors (Lipinski definition) is 3. The number of para-hydroxylation sites is 1. The number of aliphatic carboxylic acids is 1. The first-order valence-electron chi connectivity index (χ1n) is 11.0. The Bertz CT molecular complexity index is 1110. The van der Waals surface area contributed by atoms with Gasteiger partial charge in [-0.3, -0.25) is 5.32 Å². The molecule has 0 aromatic heterocycles. The molecule has 3 N–H and O–H groups in total. The zero-order valence-corrected chi connectivity index (χ0v) is 19.2. The maximum absolute atomic E-state index is 12.8. The number of ether oxygens (including phenoxy) is 3. The molecule has 3 aromatic rings. The Balaban J connectivity index is 1.90. The molecule has 0 spiro atoms. The average Bonchev–Trinajstić information content (AvgIpc) is 2.86. The first-order chi connectivity index (χ1) is 16.9. The smallest absolute Gasteiger partial charge is 0.412 e. The van der Waals surface area contributed by atoms with Crippen LogP contribution in [0.4, 0.5) is 10.5 Å². The Morgan fingerprint density at radius 3 is 2.26 bits per heavy atom. The van der Waals surface area contributed by atoms with E-state index in [2.05, 4.69) is 5.32 Å². The average molecular weight is 478 g/mol. The minimum Gasteiger partial charge on any atom is -0.491 e. The highest BCUT2D eigenvalue weighted by Crippen LogP contribution is 2.29. The molecule has 1 amide bonds. The normalized spacial score (nSPS) is 12.5. The summed E-state index contributed by atoms with van der Waals surface area (Å²) in [4.78, 5) is 24.1. The maximum atomic E-state index is 12.8. The second kappa shape index (κ2) is 12.8. The van der Waals surface area contributed by atoms with Crippen molar-refractivity contribution in [1.29, 1.82) is 0 Å². The number of rotatable bonds is 11. The molecule has 0 heterocycles. The van der Waals surface area contributed by atoms with E-state index >= 15 is 0 Å². The van der Waals surface area contributed by atoms with Gasteiger partial charge in [-0.15, -0.1) is 0 Å². The number of aliphatic hydroxyl groups excluding tert-OH is 1. The Hall–Kier alpha value is -4.30. The number of hydrogen-bond acceptors (Lipinski definition) is 6. The van der Waals surface area contributed by atoms with Crippen LogP contribution in [0, 0.1) is 6.92 Å². The second-order valence-electron chi connectivity index (χ2n) is 7.55. The van der Waals surface area contributed by atoms with E-state index in [0.717, 1.165) is 11.6 Å². The quantitative estimate of drug-likeness (QED) is 0.342. The summed E-state index contributed by atoms with van der Waals surface area (Å²) < 4.78 is 17.2. The number of anilines is 1. The van der Waals surface area contributed by atoms with E-state index < -0.39 is 24.3 Å². The van der Waals surface area contributed by atoms with Crippen molar-refractivity contribution in [3.63, 3.8) is 0 Å². The minimum absolute atomic E-state index is 0.125. The van der Waals surface area contributed by atoms with Gasteiger partial charge < -0.3 is 24.4 Å². The summed E-state index contributed by atoms with van der Waals surface area (Å²) in [6.07, 6.45) is -0.412. The summed E-state index contributed by atoms with van der Waals surface area (Å²) in [5.74, 6) is -0.169. The van der Waals surface area contributed by atoms with Crippen molar-refractivity contribution in [3.8, 4) is 11.5 Å². The first-order valence-corrected chi connectivity index (χ1v) is 11.0. The summed E-state index contributed by atoms with van der Waals surface area (Å²) in [5, 5.41) is 20.8. The SMILES string of the molecule is Cc1ccc(NC(=O)O[C@H](c2ccc(OCCO)cc2)[C@@H](/C=C/C(=O)O)Oc2ccccc2)cc1. The molecule has 3 rings (SSSR count). The van der Waals surface area contributed by atoms with E-state index in [-0.39, 0.29) is 13.2 Å². The lowest BCUT2D eigenvalue weighted by molar-refractivity contribution is -0.131. The number of carboxylic acids is 1. The predicted molar refractivity (Wildman–Crippen MR) is 131 cm³/mol. The van der Waals surface area contributed by atoms with Crippen molar-refractivity contribution in [3.05, 3.63) is 102 Å². The third-order valence-electron chi connectivity index (χ3n) is 4.84. The van der Waals surface area contributed by atoms with Crippen LogP contribution in [0.25, 0.3) is 0 Å². The van der Waals surface area contributed by atoms with Crippen molar-refractivity contribution in [2.45, 2.75) is 19.1 Å². The lowest BCUT2D eigenvalue weighted by Gasteiger charge is -2.26. The van der Waals surface area contributed by atoms with Gasteiger partial charge in [-0.05, 0) is 55.0 Å². The molecule has 0 unspecified atom stereocenters. The highest BCUT2D eigenvalue weighted by Gasteiger charge is 2.28. The van der Waals surface area contributed by atoms with Gasteiger partial charge in [0.2, 0.25) is 0 Å². The molecule has 0 aliphatic rings. The van der Waals surface area contributed by atoms with Crippen molar-refractivity contribution in [2.75, 3.05) is 18.5 Å². The number of nitrogens with one attached hydrogen (secondary N) is 1. The van der Waals surface area contributed by atoms with Crippen LogP contribution in [0.5, 0.6) is 11.5 Å². The molecule has 2 atom stereocenters. The standard InChI is InChI=1S/C27H27NO7/c1-19-7-11-21(12-8-19)28-27(32)35-26(20-9-13-22(14-10-20)33-18-17-29)24(15-16-25(30)31)34-23-5-3-2-4-6-23/h2-16,24,26,29H,17-18H2,1H3,(H,28,32)(H,30,31)/b16-15+/t24-,26-/m1/s1. The van der Waals surface area contributed by atoms with Crippen LogP contribution in [-0.2, 0) is 9.53 Å². The molecule has 0 bridgehead atoms. The van der Waals surface area contributed by atoms with Gasteiger partial charge in [0, 0.05) is 11.8 Å². The summed E-state index contributed by atoms with van der Waals surface area (Å²) in [6.45, 7) is 1.95. The van der Waals surface area contributed by atoms with Gasteiger partial charge in [-0.25, -0.2) is 9.59 Å². The van der Waals surface area contributed by atoms with Gasteiger partial charge in [0.15, 0.2) is 12.2 Å². The lowest BCUT2D eigenvalue weighted by atomic mass is 10.0. The van der Waals surface area contributed by atoms with Crippen LogP contribution in [0.15, 0.2) is 91.0 Å².